The average molecular weight is 587 g/mol. The van der Waals surface area contributed by atoms with Crippen LogP contribution in [0.5, 0.6) is 5.75 Å². The summed E-state index contributed by atoms with van der Waals surface area (Å²) in [6.07, 6.45) is 4.68. The zero-order valence-corrected chi connectivity index (χ0v) is 25.1. The van der Waals surface area contributed by atoms with Gasteiger partial charge in [0.1, 0.15) is 11.9 Å². The van der Waals surface area contributed by atoms with Crippen molar-refractivity contribution in [3.05, 3.63) is 53.6 Å². The molecule has 3 amide bonds. The fourth-order valence-electron chi connectivity index (χ4n) is 5.36. The highest BCUT2D eigenvalue weighted by molar-refractivity contribution is 7.89. The van der Waals surface area contributed by atoms with E-state index in [4.69, 9.17) is 4.74 Å². The number of aryl methyl sites for hydroxylation is 1. The van der Waals surface area contributed by atoms with Crippen LogP contribution < -0.4 is 15.4 Å². The molecule has 3 atom stereocenters. The molecular formula is C30H42N4O6S. The number of benzene rings is 2. The third-order valence-corrected chi connectivity index (χ3v) is 9.87. The number of nitrogens with one attached hydrogen (secondary N) is 2. The minimum atomic E-state index is -3.78. The molecule has 1 heterocycles. The van der Waals surface area contributed by atoms with E-state index < -0.39 is 22.2 Å². The molecule has 0 aromatic heterocycles. The van der Waals surface area contributed by atoms with E-state index in [1.807, 2.05) is 13.8 Å². The number of anilines is 1. The number of nitrogens with zero attached hydrogens (tertiary/aromatic N) is 2. The number of sulfonamides is 1. The standard InChI is InChI=1S/C30H42N4O6S/c1-20-10-13-25(14-11-20)41(38,39)33(4)18-28-21(2)17-34(22(3)19-35)29(36)26-16-24(12-15-27(26)40-28)32-30(37)31-23-8-6-5-7-9-23/h10-16,21-23,28,35H,5-9,17-19H2,1-4H3,(H2,31,32,37)/t21-,22-,28+/m0/s1. The van der Waals surface area contributed by atoms with Crippen molar-refractivity contribution in [1.82, 2.24) is 14.5 Å². The number of carbonyl (C=O) groups excluding carboxylic acids is 2. The van der Waals surface area contributed by atoms with Crippen molar-refractivity contribution in [3.8, 4) is 5.75 Å². The van der Waals surface area contributed by atoms with Gasteiger partial charge in [-0.15, -0.1) is 0 Å². The number of aliphatic hydroxyl groups excluding tert-OH is 1. The summed E-state index contributed by atoms with van der Waals surface area (Å²) in [4.78, 5) is 28.1. The first-order valence-electron chi connectivity index (χ1n) is 14.3. The first-order valence-corrected chi connectivity index (χ1v) is 15.8. The van der Waals surface area contributed by atoms with Crippen LogP contribution in [0.3, 0.4) is 0 Å². The lowest BCUT2D eigenvalue weighted by Gasteiger charge is -2.38. The van der Waals surface area contributed by atoms with Crippen molar-refractivity contribution >= 4 is 27.6 Å². The largest absolute Gasteiger partial charge is 0.488 e. The van der Waals surface area contributed by atoms with E-state index in [2.05, 4.69) is 10.6 Å². The molecule has 2 aromatic rings. The van der Waals surface area contributed by atoms with Crippen LogP contribution >= 0.6 is 0 Å². The van der Waals surface area contributed by atoms with Crippen LogP contribution in [0.4, 0.5) is 10.5 Å². The van der Waals surface area contributed by atoms with E-state index in [0.29, 0.717) is 11.4 Å². The van der Waals surface area contributed by atoms with Gasteiger partial charge in [-0.2, -0.15) is 4.31 Å². The fourth-order valence-corrected chi connectivity index (χ4v) is 6.54. The molecule has 41 heavy (non-hydrogen) atoms. The number of hydrogen-bond acceptors (Lipinski definition) is 6. The van der Waals surface area contributed by atoms with E-state index in [9.17, 15) is 23.1 Å². The average Bonchev–Trinajstić information content (AvgIpc) is 2.95. The second-order valence-corrected chi connectivity index (χ2v) is 13.4. The maximum Gasteiger partial charge on any atom is 0.319 e. The van der Waals surface area contributed by atoms with Crippen molar-refractivity contribution in [2.75, 3.05) is 32.1 Å². The molecule has 10 nitrogen and oxygen atoms in total. The molecule has 1 aliphatic heterocycles. The number of ether oxygens (including phenoxy) is 1. The Labute approximate surface area is 243 Å². The monoisotopic (exact) mass is 586 g/mol. The smallest absolute Gasteiger partial charge is 0.319 e. The third kappa shape index (κ3) is 7.38. The minimum Gasteiger partial charge on any atom is -0.488 e. The van der Waals surface area contributed by atoms with Gasteiger partial charge < -0.3 is 25.4 Å². The lowest BCUT2D eigenvalue weighted by atomic mass is 9.96. The molecule has 0 spiro atoms. The Bertz CT molecular complexity index is 1330. The van der Waals surface area contributed by atoms with Gasteiger partial charge in [-0.05, 0) is 57.0 Å². The lowest BCUT2D eigenvalue weighted by Crippen LogP contribution is -2.50. The molecule has 224 valence electrons. The molecule has 11 heteroatoms. The number of urea groups is 1. The predicted molar refractivity (Wildman–Crippen MR) is 158 cm³/mol. The van der Waals surface area contributed by atoms with Crippen molar-refractivity contribution < 1.29 is 27.9 Å². The maximum absolute atomic E-state index is 13.7. The summed E-state index contributed by atoms with van der Waals surface area (Å²) in [5.74, 6) is -0.291. The van der Waals surface area contributed by atoms with Gasteiger partial charge in [-0.25, -0.2) is 13.2 Å². The summed E-state index contributed by atoms with van der Waals surface area (Å²) in [5.41, 5.74) is 1.64. The highest BCUT2D eigenvalue weighted by Gasteiger charge is 2.35. The summed E-state index contributed by atoms with van der Waals surface area (Å²) >= 11 is 0. The van der Waals surface area contributed by atoms with Crippen LogP contribution in [-0.2, 0) is 10.0 Å². The zero-order chi connectivity index (χ0) is 29.7. The van der Waals surface area contributed by atoms with E-state index in [1.54, 1.807) is 54.3 Å². The molecule has 2 aromatic carbocycles. The van der Waals surface area contributed by atoms with Gasteiger partial charge in [-0.1, -0.05) is 43.9 Å². The molecule has 0 unspecified atom stereocenters. The number of likely N-dealkylation sites (N-methyl/N-ethyl adjacent to an activating group) is 1. The molecular weight excluding hydrogens is 544 g/mol. The topological polar surface area (TPSA) is 128 Å². The highest BCUT2D eigenvalue weighted by Crippen LogP contribution is 2.31. The first-order chi connectivity index (χ1) is 19.5. The normalized spacial score (nSPS) is 20.9. The molecule has 2 aliphatic rings. The van der Waals surface area contributed by atoms with E-state index in [0.717, 1.165) is 31.2 Å². The molecule has 1 aliphatic carbocycles. The fraction of sp³-hybridized carbons (Fsp3) is 0.533. The van der Waals surface area contributed by atoms with Gasteiger partial charge in [0.25, 0.3) is 5.91 Å². The van der Waals surface area contributed by atoms with Crippen molar-refractivity contribution in [2.24, 2.45) is 5.92 Å². The second kappa shape index (κ2) is 13.2. The van der Waals surface area contributed by atoms with Crippen LogP contribution in [0, 0.1) is 12.8 Å². The lowest BCUT2D eigenvalue weighted by molar-refractivity contribution is 0.0387. The first kappa shape index (κ1) is 30.8. The van der Waals surface area contributed by atoms with Crippen LogP contribution in [0.25, 0.3) is 0 Å². The summed E-state index contributed by atoms with van der Waals surface area (Å²) in [6.45, 7) is 5.63. The Morgan fingerprint density at radius 2 is 1.83 bits per heavy atom. The number of aliphatic hydroxyl groups is 1. The van der Waals surface area contributed by atoms with Gasteiger partial charge in [-0.3, -0.25) is 4.79 Å². The van der Waals surface area contributed by atoms with Crippen molar-refractivity contribution in [3.63, 3.8) is 0 Å². The Balaban J connectivity index is 1.59. The van der Waals surface area contributed by atoms with Gasteiger partial charge in [0.15, 0.2) is 0 Å². The van der Waals surface area contributed by atoms with E-state index >= 15 is 0 Å². The van der Waals surface area contributed by atoms with Crippen LogP contribution in [0.2, 0.25) is 0 Å². The van der Waals surface area contributed by atoms with Crippen LogP contribution in [0.1, 0.15) is 61.9 Å². The molecule has 0 saturated heterocycles. The minimum absolute atomic E-state index is 0.0517. The van der Waals surface area contributed by atoms with Gasteiger partial charge in [0.05, 0.1) is 29.7 Å². The number of rotatable bonds is 8. The summed E-state index contributed by atoms with van der Waals surface area (Å²) in [7, 11) is -2.26. The highest BCUT2D eigenvalue weighted by atomic mass is 32.2. The number of carbonyl (C=O) groups is 2. The molecule has 0 bridgehead atoms. The number of hydrogen-bond donors (Lipinski definition) is 3. The molecule has 1 saturated carbocycles. The molecule has 0 radical (unpaired) electrons. The van der Waals surface area contributed by atoms with Gasteiger partial charge in [0.2, 0.25) is 10.0 Å². The molecule has 3 N–H and O–H groups in total. The van der Waals surface area contributed by atoms with Crippen LogP contribution in [0.15, 0.2) is 47.4 Å². The summed E-state index contributed by atoms with van der Waals surface area (Å²) < 4.78 is 34.2. The number of fused-ring (bicyclic) bond motifs is 1. The summed E-state index contributed by atoms with van der Waals surface area (Å²) in [5, 5.41) is 15.8. The SMILES string of the molecule is Cc1ccc(S(=O)(=O)N(C)C[C@H]2Oc3ccc(NC(=O)NC4CCCCC4)cc3C(=O)N([C@@H](C)CO)C[C@@H]2C)cc1. The Kier molecular flexibility index (Phi) is 9.93. The zero-order valence-electron chi connectivity index (χ0n) is 24.3. The van der Waals surface area contributed by atoms with E-state index in [1.165, 1.54) is 17.8 Å². The second-order valence-electron chi connectivity index (χ2n) is 11.4. The quantitative estimate of drug-likeness (QED) is 0.429. The van der Waals surface area contributed by atoms with Gasteiger partial charge in [0, 0.05) is 31.2 Å². The Morgan fingerprint density at radius 3 is 2.49 bits per heavy atom. The maximum atomic E-state index is 13.7. The number of amides is 3. The predicted octanol–water partition coefficient (Wildman–Crippen LogP) is 3.99. The van der Waals surface area contributed by atoms with E-state index in [-0.39, 0.29) is 54.1 Å². The van der Waals surface area contributed by atoms with Gasteiger partial charge >= 0.3 is 6.03 Å². The summed E-state index contributed by atoms with van der Waals surface area (Å²) in [6, 6.07) is 10.9. The Morgan fingerprint density at radius 1 is 1.15 bits per heavy atom. The van der Waals surface area contributed by atoms with Crippen molar-refractivity contribution in [2.45, 2.75) is 76.0 Å². The molecule has 4 rings (SSSR count). The molecule has 1 fully saturated rings. The Hall–Kier alpha value is -3.15. The van der Waals surface area contributed by atoms with Crippen molar-refractivity contribution in [1.29, 1.82) is 0 Å². The third-order valence-electron chi connectivity index (χ3n) is 8.03. The van der Waals surface area contributed by atoms with Crippen LogP contribution in [-0.4, -0.2) is 79.6 Å².